The van der Waals surface area contributed by atoms with E-state index in [1.165, 1.54) is 6.20 Å². The molecule has 0 saturated carbocycles. The minimum absolute atomic E-state index is 0.273. The van der Waals surface area contributed by atoms with E-state index in [0.29, 0.717) is 12.4 Å². The van der Waals surface area contributed by atoms with E-state index in [2.05, 4.69) is 20.6 Å². The van der Waals surface area contributed by atoms with Crippen LogP contribution < -0.4 is 10.6 Å². The maximum Gasteiger partial charge on any atom is 0.275 e. The van der Waals surface area contributed by atoms with Crippen molar-refractivity contribution >= 4 is 29.0 Å². The number of anilines is 2. The predicted molar refractivity (Wildman–Crippen MR) is 110 cm³/mol. The van der Waals surface area contributed by atoms with Crippen molar-refractivity contribution in [3.8, 4) is 0 Å². The molecular weight excluding hydrogens is 360 g/mol. The first-order chi connectivity index (χ1) is 13.0. The third-order valence-corrected chi connectivity index (χ3v) is 4.36. The zero-order chi connectivity index (χ0) is 19.2. The Balaban J connectivity index is 1.55. The van der Waals surface area contributed by atoms with Gasteiger partial charge in [0.2, 0.25) is 0 Å². The summed E-state index contributed by atoms with van der Waals surface area (Å²) in [6.07, 6.45) is 3.85. The summed E-state index contributed by atoms with van der Waals surface area (Å²) in [6.45, 7) is 4.67. The van der Waals surface area contributed by atoms with Crippen molar-refractivity contribution in [1.29, 1.82) is 0 Å². The zero-order valence-electron chi connectivity index (χ0n) is 15.3. The van der Waals surface area contributed by atoms with Crippen LogP contribution in [0.25, 0.3) is 0 Å². The smallest absolute Gasteiger partial charge is 0.275 e. The average Bonchev–Trinajstić information content (AvgIpc) is 2.64. The molecule has 1 aromatic heterocycles. The number of nitrogens with zero attached hydrogens (tertiary/aromatic N) is 2. The molecule has 0 aliphatic heterocycles. The number of nitrogens with one attached hydrogen (secondary N) is 2. The molecule has 2 N–H and O–H groups in total. The van der Waals surface area contributed by atoms with Crippen molar-refractivity contribution in [3.05, 3.63) is 82.3 Å². The van der Waals surface area contributed by atoms with E-state index >= 15 is 0 Å². The van der Waals surface area contributed by atoms with Gasteiger partial charge in [0, 0.05) is 17.3 Å². The molecule has 3 rings (SSSR count). The molecule has 1 amide bonds. The number of carbonyl (C=O) groups excluding carboxylic acids is 1. The normalized spacial score (nSPS) is 10.5. The largest absolute Gasteiger partial charge is 0.368 e. The van der Waals surface area contributed by atoms with Crippen LogP contribution in [0.2, 0.25) is 5.02 Å². The van der Waals surface area contributed by atoms with Crippen molar-refractivity contribution in [2.45, 2.75) is 20.3 Å². The maximum absolute atomic E-state index is 12.3. The van der Waals surface area contributed by atoms with E-state index in [0.717, 1.165) is 33.8 Å². The highest BCUT2D eigenvalue weighted by Crippen LogP contribution is 2.17. The molecule has 6 heteroatoms. The lowest BCUT2D eigenvalue weighted by Gasteiger charge is -2.09. The van der Waals surface area contributed by atoms with Crippen LogP contribution in [0.3, 0.4) is 0 Å². The molecule has 0 aliphatic carbocycles. The fourth-order valence-corrected chi connectivity index (χ4v) is 2.92. The molecule has 0 radical (unpaired) electrons. The maximum atomic E-state index is 12.3. The number of hydrogen-bond donors (Lipinski definition) is 2. The molecule has 1 heterocycles. The Hall–Kier alpha value is -2.92. The lowest BCUT2D eigenvalue weighted by atomic mass is 10.1. The number of amides is 1. The van der Waals surface area contributed by atoms with E-state index in [4.69, 9.17) is 11.6 Å². The van der Waals surface area contributed by atoms with Crippen LogP contribution in [-0.4, -0.2) is 22.4 Å². The van der Waals surface area contributed by atoms with Gasteiger partial charge in [-0.3, -0.25) is 4.79 Å². The van der Waals surface area contributed by atoms with E-state index in [-0.39, 0.29) is 11.6 Å². The summed E-state index contributed by atoms with van der Waals surface area (Å²) in [5.41, 5.74) is 4.35. The number of hydrogen-bond acceptors (Lipinski definition) is 4. The first-order valence-corrected chi connectivity index (χ1v) is 9.08. The van der Waals surface area contributed by atoms with Crippen molar-refractivity contribution in [3.63, 3.8) is 0 Å². The molecule has 0 aliphatic rings. The molecule has 0 spiro atoms. The van der Waals surface area contributed by atoms with Gasteiger partial charge >= 0.3 is 0 Å². The fourth-order valence-electron chi connectivity index (χ4n) is 2.70. The van der Waals surface area contributed by atoms with Gasteiger partial charge < -0.3 is 10.6 Å². The second-order valence-corrected chi connectivity index (χ2v) is 6.80. The second-order valence-electron chi connectivity index (χ2n) is 6.37. The third kappa shape index (κ3) is 5.28. The highest BCUT2D eigenvalue weighted by molar-refractivity contribution is 6.30. The van der Waals surface area contributed by atoms with Gasteiger partial charge in [0.1, 0.15) is 11.5 Å². The van der Waals surface area contributed by atoms with Gasteiger partial charge in [-0.1, -0.05) is 41.4 Å². The number of aryl methyl sites for hydroxylation is 2. The molecule has 0 atom stereocenters. The van der Waals surface area contributed by atoms with Crippen LogP contribution in [0.5, 0.6) is 0 Å². The summed E-state index contributed by atoms with van der Waals surface area (Å²) in [5, 5.41) is 6.79. The van der Waals surface area contributed by atoms with Gasteiger partial charge in [-0.2, -0.15) is 0 Å². The van der Waals surface area contributed by atoms with E-state index in [1.54, 1.807) is 6.20 Å². The lowest BCUT2D eigenvalue weighted by Crippen LogP contribution is -2.15. The summed E-state index contributed by atoms with van der Waals surface area (Å²) in [5.74, 6) is 0.347. The molecule has 0 fully saturated rings. The molecular formula is C21H21ClN4O. The summed E-state index contributed by atoms with van der Waals surface area (Å²) < 4.78 is 0. The van der Waals surface area contributed by atoms with Crippen LogP contribution in [0.1, 0.15) is 27.2 Å². The first kappa shape index (κ1) is 18.9. The summed E-state index contributed by atoms with van der Waals surface area (Å²) in [6, 6.07) is 13.6. The van der Waals surface area contributed by atoms with Crippen molar-refractivity contribution in [1.82, 2.24) is 9.97 Å². The summed E-state index contributed by atoms with van der Waals surface area (Å²) >= 11 is 5.98. The minimum atomic E-state index is -0.278. The molecule has 0 saturated heterocycles. The van der Waals surface area contributed by atoms with Crippen molar-refractivity contribution < 1.29 is 4.79 Å². The van der Waals surface area contributed by atoms with Crippen LogP contribution >= 0.6 is 11.6 Å². The molecule has 2 aromatic carbocycles. The lowest BCUT2D eigenvalue weighted by molar-refractivity contribution is 0.102. The summed E-state index contributed by atoms with van der Waals surface area (Å²) in [4.78, 5) is 20.8. The molecule has 3 aromatic rings. The second kappa shape index (κ2) is 8.64. The number of carbonyl (C=O) groups is 1. The number of rotatable bonds is 6. The van der Waals surface area contributed by atoms with Crippen molar-refractivity contribution in [2.24, 2.45) is 0 Å². The Morgan fingerprint density at radius 1 is 1.07 bits per heavy atom. The molecule has 5 nitrogen and oxygen atoms in total. The Morgan fingerprint density at radius 2 is 1.93 bits per heavy atom. The highest BCUT2D eigenvalue weighted by Gasteiger charge is 2.10. The van der Waals surface area contributed by atoms with Crippen LogP contribution in [0, 0.1) is 13.8 Å². The molecule has 0 bridgehead atoms. The van der Waals surface area contributed by atoms with Gasteiger partial charge in [-0.05, 0) is 49.6 Å². The van der Waals surface area contributed by atoms with Crippen LogP contribution in [0.4, 0.5) is 11.5 Å². The average molecular weight is 381 g/mol. The Morgan fingerprint density at radius 3 is 2.63 bits per heavy atom. The number of aromatic nitrogens is 2. The van der Waals surface area contributed by atoms with Crippen LogP contribution in [-0.2, 0) is 6.42 Å². The standard InChI is InChI=1S/C21H21ClN4O/c1-14-6-7-18(15(2)10-14)26-21(27)19-12-25-20(13-24-19)23-9-8-16-4-3-5-17(22)11-16/h3-7,10-13H,8-9H2,1-2H3,(H,23,25)(H,26,27). The van der Waals surface area contributed by atoms with E-state index in [9.17, 15) is 4.79 Å². The van der Waals surface area contributed by atoms with Gasteiger partial charge in [0.05, 0.1) is 12.4 Å². The van der Waals surface area contributed by atoms with E-state index < -0.39 is 0 Å². The monoisotopic (exact) mass is 380 g/mol. The zero-order valence-corrected chi connectivity index (χ0v) is 16.0. The summed E-state index contributed by atoms with van der Waals surface area (Å²) in [7, 11) is 0. The van der Waals surface area contributed by atoms with Gasteiger partial charge in [-0.25, -0.2) is 9.97 Å². The Kier molecular flexibility index (Phi) is 6.04. The Bertz CT molecular complexity index is 941. The molecule has 27 heavy (non-hydrogen) atoms. The quantitative estimate of drug-likeness (QED) is 0.653. The molecule has 0 unspecified atom stereocenters. The first-order valence-electron chi connectivity index (χ1n) is 8.70. The fraction of sp³-hybridized carbons (Fsp3) is 0.190. The third-order valence-electron chi connectivity index (χ3n) is 4.12. The predicted octanol–water partition coefficient (Wildman–Crippen LogP) is 4.65. The van der Waals surface area contributed by atoms with Gasteiger partial charge in [0.15, 0.2) is 0 Å². The highest BCUT2D eigenvalue weighted by atomic mass is 35.5. The number of benzene rings is 2. The van der Waals surface area contributed by atoms with E-state index in [1.807, 2.05) is 56.3 Å². The van der Waals surface area contributed by atoms with Gasteiger partial charge in [-0.15, -0.1) is 0 Å². The number of halogens is 1. The Labute approximate surface area is 163 Å². The van der Waals surface area contributed by atoms with Gasteiger partial charge in [0.25, 0.3) is 5.91 Å². The van der Waals surface area contributed by atoms with Crippen LogP contribution in [0.15, 0.2) is 54.9 Å². The van der Waals surface area contributed by atoms with Crippen molar-refractivity contribution in [2.75, 3.05) is 17.2 Å². The minimum Gasteiger partial charge on any atom is -0.368 e. The topological polar surface area (TPSA) is 66.9 Å². The molecule has 138 valence electrons. The SMILES string of the molecule is Cc1ccc(NC(=O)c2cnc(NCCc3cccc(Cl)c3)cn2)c(C)c1.